The minimum absolute atomic E-state index is 0.0844. The Balaban J connectivity index is 2.14. The average Bonchev–Trinajstić information content (AvgIpc) is 2.63. The van der Waals surface area contributed by atoms with Crippen molar-refractivity contribution in [2.45, 2.75) is 9.79 Å². The number of fused-ring (bicyclic) bond motifs is 2. The minimum atomic E-state index is -0.412. The number of methoxy groups -OCH3 is 1. The lowest BCUT2D eigenvalue weighted by Crippen LogP contribution is -2.26. The molecule has 2 aromatic carbocycles. The first kappa shape index (κ1) is 13.7. The molecule has 1 aliphatic rings. The molecule has 0 aromatic heterocycles. The van der Waals surface area contributed by atoms with Gasteiger partial charge < -0.3 is 9.64 Å². The SMILES string of the molecule is COC(=O)c1ccc2c(c1)N(C)C(=O)c1ccccc1S2. The number of benzene rings is 2. The largest absolute Gasteiger partial charge is 0.465 e. The lowest BCUT2D eigenvalue weighted by atomic mass is 10.1. The molecule has 21 heavy (non-hydrogen) atoms. The molecule has 0 fully saturated rings. The highest BCUT2D eigenvalue weighted by Gasteiger charge is 2.25. The zero-order valence-corrected chi connectivity index (χ0v) is 12.4. The molecule has 3 rings (SSSR count). The minimum Gasteiger partial charge on any atom is -0.465 e. The third-order valence-electron chi connectivity index (χ3n) is 3.38. The van der Waals surface area contributed by atoms with Gasteiger partial charge in [0.05, 0.1) is 23.9 Å². The first-order valence-electron chi connectivity index (χ1n) is 6.39. The van der Waals surface area contributed by atoms with E-state index >= 15 is 0 Å². The van der Waals surface area contributed by atoms with E-state index in [2.05, 4.69) is 0 Å². The molecule has 0 N–H and O–H groups in total. The van der Waals surface area contributed by atoms with Crippen molar-refractivity contribution in [2.75, 3.05) is 19.1 Å². The van der Waals surface area contributed by atoms with Gasteiger partial charge in [0.15, 0.2) is 0 Å². The third-order valence-corrected chi connectivity index (χ3v) is 4.52. The molecular weight excluding hydrogens is 286 g/mol. The highest BCUT2D eigenvalue weighted by atomic mass is 32.2. The average molecular weight is 299 g/mol. The van der Waals surface area contributed by atoms with Gasteiger partial charge in [-0.05, 0) is 30.3 Å². The Labute approximate surface area is 126 Å². The van der Waals surface area contributed by atoms with Gasteiger partial charge >= 0.3 is 5.97 Å². The maximum absolute atomic E-state index is 12.5. The number of nitrogens with zero attached hydrogens (tertiary/aromatic N) is 1. The van der Waals surface area contributed by atoms with Crippen molar-refractivity contribution in [2.24, 2.45) is 0 Å². The van der Waals surface area contributed by atoms with Gasteiger partial charge in [0, 0.05) is 16.8 Å². The number of carbonyl (C=O) groups is 2. The summed E-state index contributed by atoms with van der Waals surface area (Å²) in [7, 11) is 3.05. The molecule has 5 heteroatoms. The Hall–Kier alpha value is -2.27. The molecule has 0 spiro atoms. The van der Waals surface area contributed by atoms with Gasteiger partial charge in [-0.1, -0.05) is 23.9 Å². The molecule has 0 bridgehead atoms. The third kappa shape index (κ3) is 2.29. The zero-order valence-electron chi connectivity index (χ0n) is 11.6. The maximum atomic E-state index is 12.5. The summed E-state index contributed by atoms with van der Waals surface area (Å²) in [6.45, 7) is 0. The molecule has 0 unspecified atom stereocenters. The van der Waals surface area contributed by atoms with Crippen molar-refractivity contribution in [1.29, 1.82) is 0 Å². The van der Waals surface area contributed by atoms with Crippen molar-refractivity contribution >= 4 is 29.3 Å². The van der Waals surface area contributed by atoms with E-state index in [0.29, 0.717) is 16.8 Å². The predicted molar refractivity (Wildman–Crippen MR) is 81.1 cm³/mol. The summed E-state index contributed by atoms with van der Waals surface area (Å²) in [5.41, 5.74) is 1.81. The van der Waals surface area contributed by atoms with Crippen LogP contribution < -0.4 is 4.90 Å². The number of amides is 1. The van der Waals surface area contributed by atoms with Gasteiger partial charge in [-0.2, -0.15) is 0 Å². The number of rotatable bonds is 1. The first-order valence-corrected chi connectivity index (χ1v) is 7.21. The van der Waals surface area contributed by atoms with Gasteiger partial charge in [0.25, 0.3) is 5.91 Å². The molecule has 0 radical (unpaired) electrons. The second kappa shape index (κ2) is 5.26. The van der Waals surface area contributed by atoms with Crippen LogP contribution in [0.4, 0.5) is 5.69 Å². The summed E-state index contributed by atoms with van der Waals surface area (Å²) in [5, 5.41) is 0. The molecular formula is C16H13NO3S. The fourth-order valence-electron chi connectivity index (χ4n) is 2.25. The Kier molecular flexibility index (Phi) is 3.43. The van der Waals surface area contributed by atoms with Crippen LogP contribution in [0, 0.1) is 0 Å². The van der Waals surface area contributed by atoms with Crippen LogP contribution >= 0.6 is 11.8 Å². The van der Waals surface area contributed by atoms with Crippen LogP contribution in [-0.2, 0) is 4.74 Å². The molecule has 0 saturated carbocycles. The Morgan fingerprint density at radius 3 is 2.67 bits per heavy atom. The van der Waals surface area contributed by atoms with Gasteiger partial charge in [0.2, 0.25) is 0 Å². The summed E-state index contributed by atoms with van der Waals surface area (Å²) >= 11 is 1.52. The Morgan fingerprint density at radius 1 is 1.14 bits per heavy atom. The monoisotopic (exact) mass is 299 g/mol. The lowest BCUT2D eigenvalue weighted by Gasteiger charge is -2.17. The van der Waals surface area contributed by atoms with Crippen molar-refractivity contribution in [3.05, 3.63) is 53.6 Å². The predicted octanol–water partition coefficient (Wildman–Crippen LogP) is 3.21. The summed E-state index contributed by atoms with van der Waals surface area (Å²) in [5.74, 6) is -0.496. The molecule has 1 aliphatic heterocycles. The summed E-state index contributed by atoms with van der Waals surface area (Å²) in [6, 6.07) is 12.7. The van der Waals surface area contributed by atoms with E-state index in [-0.39, 0.29) is 5.91 Å². The van der Waals surface area contributed by atoms with Gasteiger partial charge in [-0.3, -0.25) is 4.79 Å². The van der Waals surface area contributed by atoms with Crippen molar-refractivity contribution in [3.63, 3.8) is 0 Å². The molecule has 106 valence electrons. The fourth-order valence-corrected chi connectivity index (χ4v) is 3.34. The number of anilines is 1. The molecule has 4 nitrogen and oxygen atoms in total. The second-order valence-electron chi connectivity index (χ2n) is 4.64. The lowest BCUT2D eigenvalue weighted by molar-refractivity contribution is 0.0600. The molecule has 1 amide bonds. The van der Waals surface area contributed by atoms with Crippen molar-refractivity contribution in [1.82, 2.24) is 0 Å². The van der Waals surface area contributed by atoms with Crippen LogP contribution in [0.1, 0.15) is 20.7 Å². The topological polar surface area (TPSA) is 46.6 Å². The highest BCUT2D eigenvalue weighted by Crippen LogP contribution is 2.41. The quantitative estimate of drug-likeness (QED) is 0.759. The number of hydrogen-bond acceptors (Lipinski definition) is 4. The van der Waals surface area contributed by atoms with Crippen molar-refractivity contribution in [3.8, 4) is 0 Å². The van der Waals surface area contributed by atoms with Crippen LogP contribution in [0.25, 0.3) is 0 Å². The Morgan fingerprint density at radius 2 is 1.90 bits per heavy atom. The van der Waals surface area contributed by atoms with E-state index in [1.807, 2.05) is 30.3 Å². The highest BCUT2D eigenvalue weighted by molar-refractivity contribution is 7.99. The van der Waals surface area contributed by atoms with E-state index in [0.717, 1.165) is 9.79 Å². The molecule has 1 heterocycles. The number of hydrogen-bond donors (Lipinski definition) is 0. The van der Waals surface area contributed by atoms with Crippen molar-refractivity contribution < 1.29 is 14.3 Å². The second-order valence-corrected chi connectivity index (χ2v) is 5.72. The fraction of sp³-hybridized carbons (Fsp3) is 0.125. The zero-order chi connectivity index (χ0) is 15.0. The number of ether oxygens (including phenoxy) is 1. The molecule has 0 saturated heterocycles. The van der Waals surface area contributed by atoms with E-state index in [1.54, 1.807) is 24.1 Å². The van der Waals surface area contributed by atoms with E-state index < -0.39 is 5.97 Å². The van der Waals surface area contributed by atoms with Gasteiger partial charge in [0.1, 0.15) is 0 Å². The first-order chi connectivity index (χ1) is 10.1. The van der Waals surface area contributed by atoms with Crippen LogP contribution in [-0.4, -0.2) is 26.0 Å². The van der Waals surface area contributed by atoms with E-state index in [1.165, 1.54) is 18.9 Å². The summed E-state index contributed by atoms with van der Waals surface area (Å²) in [4.78, 5) is 27.6. The van der Waals surface area contributed by atoms with Crippen LogP contribution in [0.3, 0.4) is 0 Å². The van der Waals surface area contributed by atoms with Gasteiger partial charge in [-0.25, -0.2) is 4.79 Å². The number of carbonyl (C=O) groups excluding carboxylic acids is 2. The van der Waals surface area contributed by atoms with Crippen LogP contribution in [0.5, 0.6) is 0 Å². The van der Waals surface area contributed by atoms with E-state index in [9.17, 15) is 9.59 Å². The Bertz CT molecular complexity index is 742. The molecule has 0 atom stereocenters. The molecule has 2 aromatic rings. The summed E-state index contributed by atoms with van der Waals surface area (Å²) < 4.78 is 4.73. The number of esters is 1. The van der Waals surface area contributed by atoms with Crippen LogP contribution in [0.2, 0.25) is 0 Å². The van der Waals surface area contributed by atoms with Gasteiger partial charge in [-0.15, -0.1) is 0 Å². The normalized spacial score (nSPS) is 13.2. The van der Waals surface area contributed by atoms with Crippen LogP contribution in [0.15, 0.2) is 52.3 Å². The smallest absolute Gasteiger partial charge is 0.337 e. The molecule has 0 aliphatic carbocycles. The summed E-state index contributed by atoms with van der Waals surface area (Å²) in [6.07, 6.45) is 0. The maximum Gasteiger partial charge on any atom is 0.337 e. The van der Waals surface area contributed by atoms with E-state index in [4.69, 9.17) is 4.74 Å². The standard InChI is InChI=1S/C16H13NO3S/c1-17-12-9-10(16(19)20-2)7-8-14(12)21-13-6-4-3-5-11(13)15(17)18/h3-9H,1-2H3.